The fourth-order valence-electron chi connectivity index (χ4n) is 9.67. The maximum absolute atomic E-state index is 6.83. The molecule has 0 aliphatic carbocycles. The average Bonchev–Trinajstić information content (AvgIpc) is 3.77. The van der Waals surface area contributed by atoms with Gasteiger partial charge in [-0.1, -0.05) is 130 Å². The summed E-state index contributed by atoms with van der Waals surface area (Å²) in [6, 6.07) is 52.4. The molecule has 4 heterocycles. The lowest BCUT2D eigenvalue weighted by molar-refractivity contribution is 0.669. The fourth-order valence-corrected chi connectivity index (χ4v) is 9.67. The Hall–Kier alpha value is -6.00. The number of hydrogen-bond acceptors (Lipinski definition) is 2. The molecular formula is C50H41BN2O. The zero-order chi connectivity index (χ0) is 35.9. The molecule has 0 saturated heterocycles. The molecule has 7 aromatic carbocycles. The summed E-state index contributed by atoms with van der Waals surface area (Å²) < 4.78 is 9.49. The Bertz CT molecular complexity index is 2910. The van der Waals surface area contributed by atoms with E-state index >= 15 is 0 Å². The number of furan rings is 1. The van der Waals surface area contributed by atoms with Crippen molar-refractivity contribution in [3.05, 3.63) is 151 Å². The molecule has 11 rings (SSSR count). The molecule has 9 aromatic rings. The van der Waals surface area contributed by atoms with Gasteiger partial charge in [-0.25, -0.2) is 0 Å². The van der Waals surface area contributed by atoms with E-state index < -0.39 is 0 Å². The molecule has 2 aliphatic heterocycles. The van der Waals surface area contributed by atoms with Crippen LogP contribution in [0.5, 0.6) is 0 Å². The van der Waals surface area contributed by atoms with Gasteiger partial charge in [-0.05, 0) is 101 Å². The number of anilines is 3. The normalized spacial score (nSPS) is 13.0. The van der Waals surface area contributed by atoms with Crippen LogP contribution in [0.3, 0.4) is 0 Å². The lowest BCUT2D eigenvalue weighted by Crippen LogP contribution is -2.56. The molecule has 0 bridgehead atoms. The van der Waals surface area contributed by atoms with E-state index in [1.54, 1.807) is 0 Å². The molecule has 260 valence electrons. The second kappa shape index (κ2) is 12.3. The van der Waals surface area contributed by atoms with Crippen LogP contribution in [0.1, 0.15) is 50.7 Å². The summed E-state index contributed by atoms with van der Waals surface area (Å²) in [5.74, 6) is 0. The first-order chi connectivity index (χ1) is 26.7. The zero-order valence-corrected chi connectivity index (χ0v) is 30.9. The van der Waals surface area contributed by atoms with Gasteiger partial charge in [-0.2, -0.15) is 0 Å². The van der Waals surface area contributed by atoms with E-state index in [1.807, 2.05) is 0 Å². The van der Waals surface area contributed by atoms with Crippen LogP contribution in [0.25, 0.3) is 66.0 Å². The highest BCUT2D eigenvalue weighted by molar-refractivity contribution is 6.90. The molecule has 0 fully saturated rings. The maximum atomic E-state index is 6.83. The first kappa shape index (κ1) is 31.5. The van der Waals surface area contributed by atoms with Crippen LogP contribution in [-0.4, -0.2) is 11.3 Å². The lowest BCUT2D eigenvalue weighted by atomic mass is 9.44. The summed E-state index contributed by atoms with van der Waals surface area (Å²) in [4.78, 5) is 2.62. The second-order valence-corrected chi connectivity index (χ2v) is 15.3. The number of para-hydroxylation sites is 3. The molecule has 0 unspecified atom stereocenters. The number of benzene rings is 7. The number of rotatable bonds is 8. The second-order valence-electron chi connectivity index (χ2n) is 15.3. The fraction of sp³-hybridized carbons (Fsp3) is 0.160. The van der Waals surface area contributed by atoms with Crippen molar-refractivity contribution in [1.82, 2.24) is 4.48 Å². The predicted molar refractivity (Wildman–Crippen MR) is 230 cm³/mol. The number of fused-ring (bicyclic) bond motifs is 11. The molecular weight excluding hydrogens is 655 g/mol. The van der Waals surface area contributed by atoms with E-state index in [1.165, 1.54) is 114 Å². The van der Waals surface area contributed by atoms with Gasteiger partial charge in [0.1, 0.15) is 11.2 Å². The standard InChI is InChI=1S/C50H41BN2O/c1-3-5-15-32-27-33(16-6-4-2)29-36(28-32)52-44-26-25-35(34-17-8-7-9-18-34)30-42(44)51-48-41(31-46-47(50(48)52)40-20-11-13-24-45(40)54-46)39-22-14-21-38-37-19-10-12-23-43(37)53(51)49(38)39/h7-14,17-31H,3-6,15-16H2,1-2H3. The van der Waals surface area contributed by atoms with Crippen molar-refractivity contribution in [3.63, 3.8) is 0 Å². The number of hydrogen-bond donors (Lipinski definition) is 0. The van der Waals surface area contributed by atoms with Gasteiger partial charge in [-0.3, -0.25) is 0 Å². The van der Waals surface area contributed by atoms with E-state index in [-0.39, 0.29) is 6.85 Å². The van der Waals surface area contributed by atoms with Crippen molar-refractivity contribution in [3.8, 4) is 22.3 Å². The molecule has 0 atom stereocenters. The molecule has 0 spiro atoms. The molecule has 0 radical (unpaired) electrons. The topological polar surface area (TPSA) is 21.3 Å². The van der Waals surface area contributed by atoms with Gasteiger partial charge in [0.25, 0.3) is 0 Å². The van der Waals surface area contributed by atoms with Crippen molar-refractivity contribution in [1.29, 1.82) is 0 Å². The quantitative estimate of drug-likeness (QED) is 0.148. The van der Waals surface area contributed by atoms with Gasteiger partial charge in [-0.15, -0.1) is 0 Å². The molecule has 2 aromatic heterocycles. The third-order valence-electron chi connectivity index (χ3n) is 12.1. The van der Waals surface area contributed by atoms with Gasteiger partial charge in [0.2, 0.25) is 0 Å². The van der Waals surface area contributed by atoms with E-state index in [2.05, 4.69) is 163 Å². The van der Waals surface area contributed by atoms with Crippen molar-refractivity contribution in [2.24, 2.45) is 0 Å². The highest BCUT2D eigenvalue weighted by atomic mass is 16.3. The summed E-state index contributed by atoms with van der Waals surface area (Å²) in [7, 11) is 0. The molecule has 0 amide bonds. The first-order valence-electron chi connectivity index (χ1n) is 19.8. The van der Waals surface area contributed by atoms with Crippen LogP contribution in [0.2, 0.25) is 0 Å². The Morgan fingerprint density at radius 1 is 0.574 bits per heavy atom. The summed E-state index contributed by atoms with van der Waals surface area (Å²) in [5, 5.41) is 4.94. The van der Waals surface area contributed by atoms with Gasteiger partial charge >= 0.3 is 6.85 Å². The zero-order valence-electron chi connectivity index (χ0n) is 30.9. The largest absolute Gasteiger partial charge is 0.456 e. The van der Waals surface area contributed by atoms with Gasteiger partial charge in [0.15, 0.2) is 0 Å². The van der Waals surface area contributed by atoms with Crippen molar-refractivity contribution >= 4 is 78.6 Å². The third-order valence-corrected chi connectivity index (χ3v) is 12.1. The minimum Gasteiger partial charge on any atom is -0.456 e. The Balaban J connectivity index is 1.31. The van der Waals surface area contributed by atoms with Crippen molar-refractivity contribution < 1.29 is 4.42 Å². The number of aromatic nitrogens is 1. The number of unbranched alkanes of at least 4 members (excludes halogenated alkanes) is 2. The predicted octanol–water partition coefficient (Wildman–Crippen LogP) is 12.5. The monoisotopic (exact) mass is 696 g/mol. The van der Waals surface area contributed by atoms with Crippen molar-refractivity contribution in [2.45, 2.75) is 52.4 Å². The SMILES string of the molecule is CCCCc1cc(CCCC)cc(N2c3ccc(-c4ccccc4)cc3B3c4c(cc5oc6ccccc6c5c42)-c2cccc4c5ccccc5n3c24)c1. The minimum absolute atomic E-state index is 0.0388. The Morgan fingerprint density at radius 2 is 1.30 bits per heavy atom. The highest BCUT2D eigenvalue weighted by Crippen LogP contribution is 2.50. The van der Waals surface area contributed by atoms with Crippen LogP contribution in [0, 0.1) is 0 Å². The van der Waals surface area contributed by atoms with E-state index in [0.29, 0.717) is 0 Å². The van der Waals surface area contributed by atoms with Crippen LogP contribution < -0.4 is 15.8 Å². The van der Waals surface area contributed by atoms with Crippen LogP contribution in [0.4, 0.5) is 17.1 Å². The summed E-state index contributed by atoms with van der Waals surface area (Å²) >= 11 is 0. The average molecular weight is 697 g/mol. The molecule has 0 N–H and O–H groups in total. The molecule has 2 aliphatic rings. The van der Waals surface area contributed by atoms with Crippen LogP contribution in [0.15, 0.2) is 144 Å². The summed E-state index contributed by atoms with van der Waals surface area (Å²) in [6.07, 6.45) is 6.88. The van der Waals surface area contributed by atoms with Gasteiger partial charge < -0.3 is 13.8 Å². The third kappa shape index (κ3) is 4.56. The first-order valence-corrected chi connectivity index (χ1v) is 19.8. The Morgan fingerprint density at radius 3 is 2.09 bits per heavy atom. The van der Waals surface area contributed by atoms with E-state index in [4.69, 9.17) is 4.42 Å². The van der Waals surface area contributed by atoms with Crippen LogP contribution >= 0.6 is 0 Å². The Labute approximate surface area is 316 Å². The molecule has 54 heavy (non-hydrogen) atoms. The van der Waals surface area contributed by atoms with Crippen LogP contribution in [-0.2, 0) is 12.8 Å². The van der Waals surface area contributed by atoms with E-state index in [0.717, 1.165) is 29.4 Å². The van der Waals surface area contributed by atoms with Gasteiger partial charge in [0.05, 0.1) is 11.1 Å². The highest BCUT2D eigenvalue weighted by Gasteiger charge is 2.44. The molecule has 0 saturated carbocycles. The molecule has 4 heteroatoms. The molecule has 3 nitrogen and oxygen atoms in total. The van der Waals surface area contributed by atoms with E-state index in [9.17, 15) is 0 Å². The summed E-state index contributed by atoms with van der Waals surface area (Å²) in [6.45, 7) is 4.55. The summed E-state index contributed by atoms with van der Waals surface area (Å²) in [5.41, 5.74) is 18.7. The minimum atomic E-state index is -0.0388. The number of aryl methyl sites for hydroxylation is 2. The maximum Gasteiger partial charge on any atom is 0.333 e. The smallest absolute Gasteiger partial charge is 0.333 e. The Kier molecular flexibility index (Phi) is 7.17. The number of nitrogens with zero attached hydrogens (tertiary/aromatic N) is 2. The van der Waals surface area contributed by atoms with Gasteiger partial charge in [0, 0.05) is 44.1 Å². The van der Waals surface area contributed by atoms with Crippen molar-refractivity contribution in [2.75, 3.05) is 4.90 Å². The lowest BCUT2D eigenvalue weighted by Gasteiger charge is -2.41.